The Labute approximate surface area is 94.2 Å². The molecule has 2 atom stereocenters. The number of imide groups is 1. The predicted molar refractivity (Wildman–Crippen MR) is 57.8 cm³/mol. The highest BCUT2D eigenvalue weighted by atomic mass is 16.3. The number of carbonyl (C=O) groups excluding carboxylic acids is 2. The summed E-state index contributed by atoms with van der Waals surface area (Å²) in [6, 6.07) is -1.23. The van der Waals surface area contributed by atoms with Gasteiger partial charge in [-0.05, 0) is 13.8 Å². The second kappa shape index (κ2) is 6.41. The van der Waals surface area contributed by atoms with Crippen LogP contribution < -0.4 is 16.0 Å². The van der Waals surface area contributed by atoms with Crippen molar-refractivity contribution in [2.75, 3.05) is 20.2 Å². The maximum atomic E-state index is 11.3. The van der Waals surface area contributed by atoms with E-state index in [9.17, 15) is 14.7 Å². The van der Waals surface area contributed by atoms with Crippen LogP contribution in [0.25, 0.3) is 0 Å². The summed E-state index contributed by atoms with van der Waals surface area (Å²) >= 11 is 0. The number of aliphatic hydroxyl groups is 2. The van der Waals surface area contributed by atoms with Crippen molar-refractivity contribution in [2.45, 2.75) is 25.5 Å². The molecule has 0 aliphatic rings. The minimum atomic E-state index is -1.29. The summed E-state index contributed by atoms with van der Waals surface area (Å²) in [7, 11) is 1.40. The van der Waals surface area contributed by atoms with Crippen molar-refractivity contribution >= 4 is 11.9 Å². The van der Waals surface area contributed by atoms with Gasteiger partial charge in [0.1, 0.15) is 0 Å². The smallest absolute Gasteiger partial charge is 0.321 e. The van der Waals surface area contributed by atoms with Gasteiger partial charge in [0.2, 0.25) is 5.91 Å². The molecule has 0 saturated heterocycles. The van der Waals surface area contributed by atoms with E-state index in [1.165, 1.54) is 14.0 Å². The zero-order valence-electron chi connectivity index (χ0n) is 9.70. The van der Waals surface area contributed by atoms with Gasteiger partial charge in [-0.1, -0.05) is 0 Å². The highest BCUT2D eigenvalue weighted by molar-refractivity contribution is 5.96. The molecule has 0 heterocycles. The van der Waals surface area contributed by atoms with Crippen LogP contribution in [0.1, 0.15) is 13.8 Å². The molecule has 0 bridgehead atoms. The lowest BCUT2D eigenvalue weighted by molar-refractivity contribution is -0.122. The van der Waals surface area contributed by atoms with Gasteiger partial charge in [-0.25, -0.2) is 4.79 Å². The molecule has 0 aromatic carbocycles. The number of aliphatic hydroxyl groups excluding tert-OH is 1. The highest BCUT2D eigenvalue weighted by Gasteiger charge is 2.22. The van der Waals surface area contributed by atoms with Gasteiger partial charge in [-0.15, -0.1) is 0 Å². The van der Waals surface area contributed by atoms with Crippen molar-refractivity contribution in [1.82, 2.24) is 16.0 Å². The van der Waals surface area contributed by atoms with Gasteiger partial charge in [0.05, 0.1) is 18.2 Å². The van der Waals surface area contributed by atoms with Crippen LogP contribution >= 0.6 is 0 Å². The molecule has 0 aliphatic heterocycles. The Bertz CT molecular complexity index is 255. The van der Waals surface area contributed by atoms with E-state index in [4.69, 9.17) is 5.11 Å². The first-order chi connectivity index (χ1) is 7.32. The van der Waals surface area contributed by atoms with Gasteiger partial charge in [0.25, 0.3) is 0 Å². The van der Waals surface area contributed by atoms with E-state index in [1.54, 1.807) is 6.92 Å². The van der Waals surface area contributed by atoms with Gasteiger partial charge in [-0.2, -0.15) is 0 Å². The quantitative estimate of drug-likeness (QED) is 0.383. The molecule has 2 unspecified atom stereocenters. The molecule has 3 amide bonds. The number of carbonyl (C=O) groups is 2. The first-order valence-corrected chi connectivity index (χ1v) is 4.91. The summed E-state index contributed by atoms with van der Waals surface area (Å²) in [5.41, 5.74) is -1.29. The Morgan fingerprint density at radius 1 is 1.44 bits per heavy atom. The lowest BCUT2D eigenvalue weighted by Gasteiger charge is -2.23. The number of hydrogen-bond donors (Lipinski definition) is 5. The molecule has 0 spiro atoms. The SMILES string of the molecule is CNC(=O)NC(=O)C(C)NCC(C)(O)CO. The average Bonchev–Trinajstić information content (AvgIpc) is 2.25. The topological polar surface area (TPSA) is 111 Å². The zero-order valence-corrected chi connectivity index (χ0v) is 9.70. The Morgan fingerprint density at radius 2 is 2.00 bits per heavy atom. The Morgan fingerprint density at radius 3 is 2.44 bits per heavy atom. The van der Waals surface area contributed by atoms with Crippen LogP contribution in [0.15, 0.2) is 0 Å². The van der Waals surface area contributed by atoms with Crippen LogP contribution in [0.2, 0.25) is 0 Å². The first-order valence-electron chi connectivity index (χ1n) is 4.91. The highest BCUT2D eigenvalue weighted by Crippen LogP contribution is 1.99. The van der Waals surface area contributed by atoms with Crippen LogP contribution in [0.3, 0.4) is 0 Å². The van der Waals surface area contributed by atoms with Gasteiger partial charge in [0, 0.05) is 13.6 Å². The van der Waals surface area contributed by atoms with Crippen LogP contribution in [0.5, 0.6) is 0 Å². The average molecular weight is 233 g/mol. The Balaban J connectivity index is 4.02. The Hall–Kier alpha value is -1.18. The Kier molecular flexibility index (Phi) is 5.94. The second-order valence-corrected chi connectivity index (χ2v) is 3.83. The molecule has 0 aromatic heterocycles. The summed E-state index contributed by atoms with van der Waals surface area (Å²) in [5, 5.41) is 25.3. The summed E-state index contributed by atoms with van der Waals surface area (Å²) < 4.78 is 0. The van der Waals surface area contributed by atoms with Crippen molar-refractivity contribution in [3.63, 3.8) is 0 Å². The van der Waals surface area contributed by atoms with E-state index in [0.29, 0.717) is 0 Å². The van der Waals surface area contributed by atoms with E-state index in [-0.39, 0.29) is 6.54 Å². The fourth-order valence-corrected chi connectivity index (χ4v) is 0.804. The number of urea groups is 1. The third kappa shape index (κ3) is 5.64. The molecule has 0 aliphatic carbocycles. The largest absolute Gasteiger partial charge is 0.393 e. The maximum Gasteiger partial charge on any atom is 0.321 e. The monoisotopic (exact) mass is 233 g/mol. The van der Waals surface area contributed by atoms with Crippen LogP contribution in [-0.2, 0) is 4.79 Å². The fraction of sp³-hybridized carbons (Fsp3) is 0.778. The van der Waals surface area contributed by atoms with Crippen LogP contribution in [0.4, 0.5) is 4.79 Å². The standard InChI is InChI=1S/C9H19N3O4/c1-6(7(14)12-8(15)10-3)11-4-9(2,16)5-13/h6,11,13,16H,4-5H2,1-3H3,(H2,10,12,14,15). The number of nitrogens with one attached hydrogen (secondary N) is 3. The molecular weight excluding hydrogens is 214 g/mol. The van der Waals surface area contributed by atoms with Gasteiger partial charge < -0.3 is 20.8 Å². The zero-order chi connectivity index (χ0) is 12.8. The van der Waals surface area contributed by atoms with E-state index >= 15 is 0 Å². The molecule has 0 rings (SSSR count). The second-order valence-electron chi connectivity index (χ2n) is 3.83. The summed E-state index contributed by atoms with van der Waals surface area (Å²) in [6.07, 6.45) is 0. The van der Waals surface area contributed by atoms with Crippen molar-refractivity contribution < 1.29 is 19.8 Å². The first kappa shape index (κ1) is 14.8. The predicted octanol–water partition coefficient (Wildman–Crippen LogP) is -1.84. The molecule has 0 radical (unpaired) electrons. The molecule has 5 N–H and O–H groups in total. The lowest BCUT2D eigenvalue weighted by Crippen LogP contribution is -2.51. The number of hydrogen-bond acceptors (Lipinski definition) is 5. The molecule has 7 nitrogen and oxygen atoms in total. The minimum Gasteiger partial charge on any atom is -0.393 e. The summed E-state index contributed by atoms with van der Waals surface area (Å²) in [5.74, 6) is -0.506. The summed E-state index contributed by atoms with van der Waals surface area (Å²) in [4.78, 5) is 22.2. The van der Waals surface area contributed by atoms with Gasteiger partial charge in [-0.3, -0.25) is 10.1 Å². The van der Waals surface area contributed by atoms with Gasteiger partial charge in [0.15, 0.2) is 0 Å². The van der Waals surface area contributed by atoms with E-state index in [0.717, 1.165) is 0 Å². The normalized spacial score (nSPS) is 16.1. The van der Waals surface area contributed by atoms with Crippen molar-refractivity contribution in [3.8, 4) is 0 Å². The third-order valence-electron chi connectivity index (χ3n) is 1.99. The molecule has 0 saturated carbocycles. The molecular formula is C9H19N3O4. The van der Waals surface area contributed by atoms with Crippen LogP contribution in [-0.4, -0.2) is 54.0 Å². The van der Waals surface area contributed by atoms with Crippen molar-refractivity contribution in [2.24, 2.45) is 0 Å². The molecule has 0 aromatic rings. The third-order valence-corrected chi connectivity index (χ3v) is 1.99. The number of amides is 3. The fourth-order valence-electron chi connectivity index (χ4n) is 0.804. The summed E-state index contributed by atoms with van der Waals surface area (Å²) in [6.45, 7) is 2.62. The van der Waals surface area contributed by atoms with E-state index < -0.39 is 30.2 Å². The van der Waals surface area contributed by atoms with Gasteiger partial charge >= 0.3 is 6.03 Å². The molecule has 7 heteroatoms. The van der Waals surface area contributed by atoms with E-state index in [2.05, 4.69) is 16.0 Å². The minimum absolute atomic E-state index is 0.0475. The maximum absolute atomic E-state index is 11.3. The van der Waals surface area contributed by atoms with Crippen molar-refractivity contribution in [1.29, 1.82) is 0 Å². The molecule has 0 fully saturated rings. The van der Waals surface area contributed by atoms with E-state index in [1.807, 2.05) is 0 Å². The number of rotatable bonds is 5. The molecule has 16 heavy (non-hydrogen) atoms. The van der Waals surface area contributed by atoms with Crippen LogP contribution in [0, 0.1) is 0 Å². The lowest BCUT2D eigenvalue weighted by atomic mass is 10.1. The van der Waals surface area contributed by atoms with Crippen molar-refractivity contribution in [3.05, 3.63) is 0 Å². The molecule has 94 valence electrons.